The van der Waals surface area contributed by atoms with Crippen molar-refractivity contribution in [3.63, 3.8) is 0 Å². The van der Waals surface area contributed by atoms with Crippen LogP contribution in [0.25, 0.3) is 0 Å². The summed E-state index contributed by atoms with van der Waals surface area (Å²) in [7, 11) is 0. The SMILES string of the molecule is CCC1(O)O[C@H](CO)[C@@H](O)[C@H](O)[C@H]1N.CCCCCCCCCCCCCCCC(=O)O. The highest BCUT2D eigenvalue weighted by Gasteiger charge is 2.50. The van der Waals surface area contributed by atoms with E-state index in [9.17, 15) is 20.1 Å². The fourth-order valence-corrected chi connectivity index (χ4v) is 3.87. The first-order valence-corrected chi connectivity index (χ1v) is 12.6. The van der Waals surface area contributed by atoms with Gasteiger partial charge in [-0.3, -0.25) is 4.79 Å². The zero-order chi connectivity index (χ0) is 24.4. The minimum absolute atomic E-state index is 0.175. The van der Waals surface area contributed by atoms with Crippen LogP contribution in [-0.4, -0.2) is 68.2 Å². The number of aliphatic hydroxyl groups is 4. The number of carboxylic acids is 1. The largest absolute Gasteiger partial charge is 0.481 e. The molecule has 32 heavy (non-hydrogen) atoms. The summed E-state index contributed by atoms with van der Waals surface area (Å²) >= 11 is 0. The smallest absolute Gasteiger partial charge is 0.303 e. The third-order valence-electron chi connectivity index (χ3n) is 6.16. The fraction of sp³-hybridized carbons (Fsp3) is 0.958. The van der Waals surface area contributed by atoms with Crippen LogP contribution in [0.2, 0.25) is 0 Å². The summed E-state index contributed by atoms with van der Waals surface area (Å²) in [6.07, 6.45) is 13.9. The molecule has 1 unspecified atom stereocenters. The molecule has 0 aromatic heterocycles. The predicted molar refractivity (Wildman–Crippen MR) is 125 cm³/mol. The van der Waals surface area contributed by atoms with Crippen LogP contribution in [0, 0.1) is 0 Å². The molecular weight excluding hydrogens is 414 g/mol. The molecule has 0 spiro atoms. The van der Waals surface area contributed by atoms with Gasteiger partial charge in [0.2, 0.25) is 0 Å². The number of hydrogen-bond acceptors (Lipinski definition) is 7. The Kier molecular flexibility index (Phi) is 18.2. The molecular formula is C24H49NO7. The molecule has 1 fully saturated rings. The number of rotatable bonds is 16. The molecule has 1 saturated heterocycles. The molecule has 0 bridgehead atoms. The Morgan fingerprint density at radius 2 is 1.28 bits per heavy atom. The van der Waals surface area contributed by atoms with Gasteiger partial charge >= 0.3 is 5.97 Å². The molecule has 1 rings (SSSR count). The molecule has 0 aromatic rings. The molecule has 0 amide bonds. The quantitative estimate of drug-likeness (QED) is 0.191. The molecule has 5 atom stereocenters. The Bertz CT molecular complexity index is 464. The van der Waals surface area contributed by atoms with Crippen molar-refractivity contribution in [3.8, 4) is 0 Å². The van der Waals surface area contributed by atoms with Crippen LogP contribution in [0.1, 0.15) is 110 Å². The van der Waals surface area contributed by atoms with Crippen LogP contribution in [0.4, 0.5) is 0 Å². The lowest BCUT2D eigenvalue weighted by molar-refractivity contribution is -0.314. The lowest BCUT2D eigenvalue weighted by Gasteiger charge is -2.45. The summed E-state index contributed by atoms with van der Waals surface area (Å²) in [4.78, 5) is 10.3. The van der Waals surface area contributed by atoms with Gasteiger partial charge < -0.3 is 36.0 Å². The maximum Gasteiger partial charge on any atom is 0.303 e. The summed E-state index contributed by atoms with van der Waals surface area (Å²) in [5.74, 6) is -2.34. The lowest BCUT2D eigenvalue weighted by atomic mass is 9.89. The topological polar surface area (TPSA) is 153 Å². The van der Waals surface area contributed by atoms with Crippen LogP contribution < -0.4 is 5.73 Å². The van der Waals surface area contributed by atoms with Crippen molar-refractivity contribution in [3.05, 3.63) is 0 Å². The second-order valence-corrected chi connectivity index (χ2v) is 8.93. The van der Waals surface area contributed by atoms with Gasteiger partial charge in [0.1, 0.15) is 18.3 Å². The van der Waals surface area contributed by atoms with Crippen molar-refractivity contribution < 1.29 is 35.1 Å². The van der Waals surface area contributed by atoms with Gasteiger partial charge in [-0.2, -0.15) is 0 Å². The normalized spacial score (nSPS) is 27.6. The van der Waals surface area contributed by atoms with Gasteiger partial charge in [0.05, 0.1) is 12.6 Å². The summed E-state index contributed by atoms with van der Waals surface area (Å²) in [5, 5.41) is 46.0. The number of unbranched alkanes of at least 4 members (excludes halogenated alkanes) is 12. The van der Waals surface area contributed by atoms with Crippen LogP contribution in [0.15, 0.2) is 0 Å². The second-order valence-electron chi connectivity index (χ2n) is 8.93. The van der Waals surface area contributed by atoms with E-state index < -0.39 is 42.7 Å². The van der Waals surface area contributed by atoms with Crippen LogP contribution in [-0.2, 0) is 9.53 Å². The molecule has 0 saturated carbocycles. The Morgan fingerprint density at radius 1 is 0.844 bits per heavy atom. The first-order valence-electron chi connectivity index (χ1n) is 12.6. The maximum atomic E-state index is 10.3. The molecule has 0 radical (unpaired) electrons. The van der Waals surface area contributed by atoms with E-state index in [2.05, 4.69) is 6.92 Å². The fourth-order valence-electron chi connectivity index (χ4n) is 3.87. The lowest BCUT2D eigenvalue weighted by Crippen LogP contribution is -2.68. The molecule has 1 aliphatic rings. The first kappa shape index (κ1) is 31.2. The number of carboxylic acid groups (broad SMARTS) is 1. The molecule has 8 nitrogen and oxygen atoms in total. The first-order chi connectivity index (χ1) is 15.2. The van der Waals surface area contributed by atoms with Crippen molar-refractivity contribution in [2.45, 2.75) is 140 Å². The van der Waals surface area contributed by atoms with E-state index in [4.69, 9.17) is 20.7 Å². The summed E-state index contributed by atoms with van der Waals surface area (Å²) in [6, 6.07) is -1.08. The van der Waals surface area contributed by atoms with Crippen molar-refractivity contribution in [2.24, 2.45) is 5.73 Å². The van der Waals surface area contributed by atoms with Crippen molar-refractivity contribution in [1.82, 2.24) is 0 Å². The average Bonchev–Trinajstić information content (AvgIpc) is 2.78. The standard InChI is InChI=1S/C16H32O2.C8H17NO5/c1-2-3-4-5-6-7-8-9-10-11-12-13-14-15-16(17)18;1-2-8(13)7(9)6(12)5(11)4(3-10)14-8/h2-15H2,1H3,(H,17,18);4-7,10-13H,2-3,9H2,1H3/t;4-,5-,6+,7-,8?/m.1/s1. The molecule has 1 aliphatic heterocycles. The summed E-state index contributed by atoms with van der Waals surface area (Å²) < 4.78 is 5.04. The molecule has 7 N–H and O–H groups in total. The highest BCUT2D eigenvalue weighted by Crippen LogP contribution is 2.29. The number of carbonyl (C=O) groups is 1. The Balaban J connectivity index is 0.000000618. The number of aliphatic carboxylic acids is 1. The minimum Gasteiger partial charge on any atom is -0.481 e. The maximum absolute atomic E-state index is 10.3. The van der Waals surface area contributed by atoms with E-state index in [1.54, 1.807) is 6.92 Å². The molecule has 0 aliphatic carbocycles. The molecule has 8 heteroatoms. The van der Waals surface area contributed by atoms with Crippen LogP contribution >= 0.6 is 0 Å². The van der Waals surface area contributed by atoms with E-state index in [0.29, 0.717) is 6.42 Å². The zero-order valence-corrected chi connectivity index (χ0v) is 20.3. The van der Waals surface area contributed by atoms with E-state index in [0.717, 1.165) is 12.8 Å². The van der Waals surface area contributed by atoms with E-state index >= 15 is 0 Å². The zero-order valence-electron chi connectivity index (χ0n) is 20.3. The van der Waals surface area contributed by atoms with Gasteiger partial charge in [0, 0.05) is 12.8 Å². The van der Waals surface area contributed by atoms with Gasteiger partial charge in [-0.15, -0.1) is 0 Å². The number of aliphatic hydroxyl groups excluding tert-OH is 3. The number of nitrogens with two attached hydrogens (primary N) is 1. The second kappa shape index (κ2) is 18.6. The number of hydrogen-bond donors (Lipinski definition) is 6. The third kappa shape index (κ3) is 13.1. The van der Waals surface area contributed by atoms with Gasteiger partial charge in [-0.1, -0.05) is 90.9 Å². The van der Waals surface area contributed by atoms with Gasteiger partial charge in [-0.05, 0) is 6.42 Å². The molecule has 192 valence electrons. The van der Waals surface area contributed by atoms with E-state index in [1.807, 2.05) is 0 Å². The minimum atomic E-state index is -1.69. The van der Waals surface area contributed by atoms with E-state index in [1.165, 1.54) is 70.6 Å². The Labute approximate surface area is 194 Å². The van der Waals surface area contributed by atoms with E-state index in [-0.39, 0.29) is 6.42 Å². The molecule has 0 aromatic carbocycles. The highest BCUT2D eigenvalue weighted by molar-refractivity contribution is 5.66. The van der Waals surface area contributed by atoms with Gasteiger partial charge in [0.25, 0.3) is 0 Å². The van der Waals surface area contributed by atoms with Crippen molar-refractivity contribution >= 4 is 5.97 Å². The van der Waals surface area contributed by atoms with Gasteiger partial charge in [-0.25, -0.2) is 0 Å². The predicted octanol–water partition coefficient (Wildman–Crippen LogP) is 3.08. The summed E-state index contributed by atoms with van der Waals surface area (Å²) in [5.41, 5.74) is 5.51. The highest BCUT2D eigenvalue weighted by atomic mass is 16.6. The summed E-state index contributed by atoms with van der Waals surface area (Å²) in [6.45, 7) is 3.42. The van der Waals surface area contributed by atoms with Crippen molar-refractivity contribution in [1.29, 1.82) is 0 Å². The Morgan fingerprint density at radius 3 is 1.66 bits per heavy atom. The van der Waals surface area contributed by atoms with Crippen molar-refractivity contribution in [2.75, 3.05) is 6.61 Å². The number of ether oxygens (including phenoxy) is 1. The van der Waals surface area contributed by atoms with Crippen LogP contribution in [0.3, 0.4) is 0 Å². The third-order valence-corrected chi connectivity index (χ3v) is 6.16. The van der Waals surface area contributed by atoms with Gasteiger partial charge in [0.15, 0.2) is 5.79 Å². The average molecular weight is 464 g/mol. The Hall–Kier alpha value is -0.770. The monoisotopic (exact) mass is 463 g/mol. The molecule has 1 heterocycles. The van der Waals surface area contributed by atoms with Crippen LogP contribution in [0.5, 0.6) is 0 Å².